The predicted octanol–water partition coefficient (Wildman–Crippen LogP) is 0.198. The summed E-state index contributed by atoms with van der Waals surface area (Å²) in [6.45, 7) is 1.13. The largest absolute Gasteiger partial charge is 0.478 e. The van der Waals surface area contributed by atoms with Crippen LogP contribution in [0.5, 0.6) is 0 Å². The fourth-order valence-corrected chi connectivity index (χ4v) is 3.57. The van der Waals surface area contributed by atoms with E-state index in [1.165, 1.54) is 6.92 Å². The highest BCUT2D eigenvalue weighted by Crippen LogP contribution is 2.27. The first-order valence-corrected chi connectivity index (χ1v) is 6.89. The molecule has 0 saturated carbocycles. The average molecular weight is 289 g/mol. The number of nitrogens with zero attached hydrogens (tertiary/aromatic N) is 1. The Balaban J connectivity index is 2.52. The zero-order valence-electron chi connectivity index (χ0n) is 10.00. The van der Waals surface area contributed by atoms with Crippen molar-refractivity contribution in [2.75, 3.05) is 13.1 Å². The molecule has 0 amide bonds. The van der Waals surface area contributed by atoms with Crippen LogP contribution >= 0.6 is 0 Å². The second-order valence-corrected chi connectivity index (χ2v) is 6.27. The van der Waals surface area contributed by atoms with Gasteiger partial charge >= 0.3 is 5.97 Å². The Morgan fingerprint density at radius 3 is 2.47 bits per heavy atom. The molecule has 1 heterocycles. The summed E-state index contributed by atoms with van der Waals surface area (Å²) < 4.78 is 38.9. The molecular formula is C11H12FNO5S. The number of carboxylic acids is 1. The van der Waals surface area contributed by atoms with Crippen LogP contribution in [0.15, 0.2) is 17.0 Å². The molecule has 1 aliphatic rings. The minimum atomic E-state index is -3.97. The van der Waals surface area contributed by atoms with E-state index >= 15 is 0 Å². The number of benzene rings is 1. The van der Waals surface area contributed by atoms with Gasteiger partial charge in [0.25, 0.3) is 0 Å². The van der Waals surface area contributed by atoms with E-state index in [2.05, 4.69) is 0 Å². The van der Waals surface area contributed by atoms with Crippen molar-refractivity contribution < 1.29 is 27.8 Å². The Kier molecular flexibility index (Phi) is 3.33. The smallest absolute Gasteiger partial charge is 0.335 e. The van der Waals surface area contributed by atoms with Crippen LogP contribution in [0.3, 0.4) is 0 Å². The quantitative estimate of drug-likeness (QED) is 0.828. The highest BCUT2D eigenvalue weighted by Gasteiger charge is 2.37. The van der Waals surface area contributed by atoms with Gasteiger partial charge in [-0.2, -0.15) is 4.31 Å². The Hall–Kier alpha value is -1.51. The lowest BCUT2D eigenvalue weighted by Crippen LogP contribution is -2.53. The van der Waals surface area contributed by atoms with Crippen LogP contribution in [-0.2, 0) is 10.0 Å². The molecule has 1 fully saturated rings. The van der Waals surface area contributed by atoms with Crippen molar-refractivity contribution in [3.8, 4) is 0 Å². The molecule has 0 atom stereocenters. The standard InChI is InChI=1S/C11H12FNO5S/c1-6-9(12)2-7(11(15)16)3-10(6)19(17,18)13-4-8(14)5-13/h2-3,8,14H,4-5H2,1H3,(H,15,16). The van der Waals surface area contributed by atoms with Crippen molar-refractivity contribution >= 4 is 16.0 Å². The van der Waals surface area contributed by atoms with Crippen LogP contribution in [-0.4, -0.2) is 48.1 Å². The van der Waals surface area contributed by atoms with E-state index in [1.807, 2.05) is 0 Å². The van der Waals surface area contributed by atoms with Gasteiger partial charge in [-0.1, -0.05) is 0 Å². The molecule has 1 aliphatic heterocycles. The van der Waals surface area contributed by atoms with Gasteiger partial charge in [-0.3, -0.25) is 0 Å². The predicted molar refractivity (Wildman–Crippen MR) is 62.9 cm³/mol. The maximum Gasteiger partial charge on any atom is 0.335 e. The number of hydrogen-bond acceptors (Lipinski definition) is 4. The lowest BCUT2D eigenvalue weighted by Gasteiger charge is -2.35. The fourth-order valence-electron chi connectivity index (χ4n) is 1.80. The van der Waals surface area contributed by atoms with Gasteiger partial charge < -0.3 is 10.2 Å². The fraction of sp³-hybridized carbons (Fsp3) is 0.364. The molecule has 0 unspecified atom stereocenters. The Bertz CT molecular complexity index is 637. The molecule has 1 aromatic rings. The molecule has 1 saturated heterocycles. The molecule has 2 N–H and O–H groups in total. The zero-order valence-corrected chi connectivity index (χ0v) is 10.8. The van der Waals surface area contributed by atoms with E-state index in [0.717, 1.165) is 16.4 Å². The highest BCUT2D eigenvalue weighted by atomic mass is 32.2. The summed E-state index contributed by atoms with van der Waals surface area (Å²) in [6.07, 6.45) is -0.734. The first kappa shape index (κ1) is 13.9. The summed E-state index contributed by atoms with van der Waals surface area (Å²) >= 11 is 0. The molecular weight excluding hydrogens is 277 g/mol. The molecule has 6 nitrogen and oxygen atoms in total. The van der Waals surface area contributed by atoms with Gasteiger partial charge in [-0.15, -0.1) is 0 Å². The molecule has 8 heteroatoms. The Labute approximate surface area is 109 Å². The second-order valence-electron chi connectivity index (χ2n) is 4.36. The number of aliphatic hydroxyl groups is 1. The summed E-state index contributed by atoms with van der Waals surface area (Å²) in [7, 11) is -3.97. The van der Waals surface area contributed by atoms with Crippen LogP contribution in [0, 0.1) is 12.7 Å². The molecule has 19 heavy (non-hydrogen) atoms. The molecule has 104 valence electrons. The van der Waals surface area contributed by atoms with Crippen LogP contribution < -0.4 is 0 Å². The zero-order chi connectivity index (χ0) is 14.4. The topological polar surface area (TPSA) is 94.9 Å². The van der Waals surface area contributed by atoms with Gasteiger partial charge in [-0.05, 0) is 19.1 Å². The number of aromatic carboxylic acids is 1. The molecule has 0 bridgehead atoms. The van der Waals surface area contributed by atoms with Gasteiger partial charge in [0.15, 0.2) is 0 Å². The van der Waals surface area contributed by atoms with Gasteiger partial charge in [-0.25, -0.2) is 17.6 Å². The van der Waals surface area contributed by atoms with Crippen LogP contribution in [0.25, 0.3) is 0 Å². The first-order chi connectivity index (χ1) is 8.73. The van der Waals surface area contributed by atoms with E-state index in [9.17, 15) is 17.6 Å². The Morgan fingerprint density at radius 2 is 2.00 bits per heavy atom. The first-order valence-electron chi connectivity index (χ1n) is 5.45. The van der Waals surface area contributed by atoms with Crippen molar-refractivity contribution in [3.63, 3.8) is 0 Å². The molecule has 0 spiro atoms. The third-order valence-corrected chi connectivity index (χ3v) is 4.95. The summed E-state index contributed by atoms with van der Waals surface area (Å²) in [5.41, 5.74) is -0.561. The van der Waals surface area contributed by atoms with Gasteiger partial charge in [0.2, 0.25) is 10.0 Å². The molecule has 1 aromatic carbocycles. The van der Waals surface area contributed by atoms with Gasteiger partial charge in [0, 0.05) is 18.7 Å². The molecule has 2 rings (SSSR count). The number of sulfonamides is 1. The Morgan fingerprint density at radius 1 is 1.42 bits per heavy atom. The van der Waals surface area contributed by atoms with E-state index < -0.39 is 33.5 Å². The van der Waals surface area contributed by atoms with Crippen LogP contribution in [0.1, 0.15) is 15.9 Å². The minimum absolute atomic E-state index is 0.0688. The summed E-state index contributed by atoms with van der Waals surface area (Å²) in [6, 6.07) is 1.71. The van der Waals surface area contributed by atoms with Crippen molar-refractivity contribution in [3.05, 3.63) is 29.1 Å². The van der Waals surface area contributed by atoms with E-state index in [0.29, 0.717) is 0 Å². The third kappa shape index (κ3) is 2.34. The van der Waals surface area contributed by atoms with Crippen molar-refractivity contribution in [2.45, 2.75) is 17.9 Å². The SMILES string of the molecule is Cc1c(F)cc(C(=O)O)cc1S(=O)(=O)N1CC(O)C1. The number of hydrogen-bond donors (Lipinski definition) is 2. The summed E-state index contributed by atoms with van der Waals surface area (Å²) in [5, 5.41) is 17.9. The molecule has 0 aromatic heterocycles. The monoisotopic (exact) mass is 289 g/mol. The van der Waals surface area contributed by atoms with Gasteiger partial charge in [0.05, 0.1) is 16.6 Å². The van der Waals surface area contributed by atoms with Crippen molar-refractivity contribution in [1.29, 1.82) is 0 Å². The third-order valence-electron chi connectivity index (χ3n) is 2.99. The van der Waals surface area contributed by atoms with Crippen LogP contribution in [0.4, 0.5) is 4.39 Å². The lowest BCUT2D eigenvalue weighted by atomic mass is 10.1. The number of carbonyl (C=O) groups is 1. The number of rotatable bonds is 3. The maximum absolute atomic E-state index is 13.6. The highest BCUT2D eigenvalue weighted by molar-refractivity contribution is 7.89. The normalized spacial score (nSPS) is 17.2. The lowest BCUT2D eigenvalue weighted by molar-refractivity contribution is 0.0547. The number of β-amino-alcohol motifs (C(OH)–C–C–N with tert-alkyl or cyclic N) is 1. The molecule has 0 aliphatic carbocycles. The average Bonchev–Trinajstić information content (AvgIpc) is 2.27. The van der Waals surface area contributed by atoms with Crippen molar-refractivity contribution in [2.24, 2.45) is 0 Å². The maximum atomic E-state index is 13.6. The van der Waals surface area contributed by atoms with E-state index in [-0.39, 0.29) is 23.5 Å². The number of aliphatic hydroxyl groups excluding tert-OH is 1. The minimum Gasteiger partial charge on any atom is -0.478 e. The number of carboxylic acid groups (broad SMARTS) is 1. The van der Waals surface area contributed by atoms with Gasteiger partial charge in [0.1, 0.15) is 5.82 Å². The van der Waals surface area contributed by atoms with E-state index in [1.54, 1.807) is 0 Å². The number of halogens is 1. The van der Waals surface area contributed by atoms with E-state index in [4.69, 9.17) is 10.2 Å². The summed E-state index contributed by atoms with van der Waals surface area (Å²) in [5.74, 6) is -2.29. The molecule has 0 radical (unpaired) electrons. The second kappa shape index (κ2) is 4.55. The van der Waals surface area contributed by atoms with Crippen LogP contribution in [0.2, 0.25) is 0 Å². The summed E-state index contributed by atoms with van der Waals surface area (Å²) in [4.78, 5) is 10.5. The van der Waals surface area contributed by atoms with Crippen molar-refractivity contribution in [1.82, 2.24) is 4.31 Å².